The fraction of sp³-hybridized carbons (Fsp3) is 0.682. The summed E-state index contributed by atoms with van der Waals surface area (Å²) in [4.78, 5) is 11.5. The summed E-state index contributed by atoms with van der Waals surface area (Å²) in [6.07, 6.45) is 12.2. The van der Waals surface area contributed by atoms with Gasteiger partial charge in [0.05, 0.1) is 12.0 Å². The van der Waals surface area contributed by atoms with Crippen molar-refractivity contribution >= 4 is 5.97 Å². The van der Waals surface area contributed by atoms with Crippen molar-refractivity contribution < 1.29 is 15.0 Å². The zero-order chi connectivity index (χ0) is 18.2. The molecular formula is C22H32O3. The predicted octanol–water partition coefficient (Wildman–Crippen LogP) is 4.88. The van der Waals surface area contributed by atoms with Crippen LogP contribution in [0.2, 0.25) is 0 Å². The number of hydrogen-bond donors (Lipinski definition) is 2. The van der Waals surface area contributed by atoms with Crippen molar-refractivity contribution in [3.05, 3.63) is 35.5 Å². The molecule has 0 heterocycles. The lowest BCUT2D eigenvalue weighted by atomic mass is 9.61. The molecule has 5 atom stereocenters. The van der Waals surface area contributed by atoms with Crippen LogP contribution in [0.1, 0.15) is 65.2 Å². The van der Waals surface area contributed by atoms with E-state index in [1.165, 1.54) is 11.1 Å². The molecule has 3 fully saturated rings. The quantitative estimate of drug-likeness (QED) is 0.767. The Kier molecular flexibility index (Phi) is 5.24. The molecule has 3 nitrogen and oxygen atoms in total. The molecule has 0 bridgehead atoms. The van der Waals surface area contributed by atoms with Gasteiger partial charge in [0.15, 0.2) is 0 Å². The minimum atomic E-state index is -0.655. The molecule has 3 rings (SSSR count). The lowest BCUT2D eigenvalue weighted by molar-refractivity contribution is -0.144. The molecule has 0 aromatic rings. The second-order valence-corrected chi connectivity index (χ2v) is 8.66. The van der Waals surface area contributed by atoms with E-state index in [1.54, 1.807) is 0 Å². The summed E-state index contributed by atoms with van der Waals surface area (Å²) in [7, 11) is 0. The molecule has 0 spiro atoms. The van der Waals surface area contributed by atoms with Gasteiger partial charge in [-0.05, 0) is 74.2 Å². The van der Waals surface area contributed by atoms with E-state index in [-0.39, 0.29) is 23.4 Å². The number of hydrogen-bond acceptors (Lipinski definition) is 2. The minimum absolute atomic E-state index is 0.115. The second-order valence-electron chi connectivity index (χ2n) is 8.66. The number of carbonyl (C=O) groups is 1. The van der Waals surface area contributed by atoms with E-state index >= 15 is 0 Å². The van der Waals surface area contributed by atoms with Crippen LogP contribution >= 0.6 is 0 Å². The Hall–Kier alpha value is -1.35. The predicted molar refractivity (Wildman–Crippen MR) is 100 cm³/mol. The Labute approximate surface area is 151 Å². The van der Waals surface area contributed by atoms with Crippen LogP contribution in [0.25, 0.3) is 0 Å². The summed E-state index contributed by atoms with van der Waals surface area (Å²) in [5.74, 6) is -0.136. The first-order valence-electron chi connectivity index (χ1n) is 9.81. The van der Waals surface area contributed by atoms with E-state index in [0.29, 0.717) is 12.3 Å². The highest BCUT2D eigenvalue weighted by atomic mass is 16.4. The van der Waals surface area contributed by atoms with E-state index in [1.807, 2.05) is 6.92 Å². The Bertz CT molecular complexity index is 615. The van der Waals surface area contributed by atoms with Crippen LogP contribution < -0.4 is 0 Å². The molecule has 3 aliphatic rings. The van der Waals surface area contributed by atoms with E-state index < -0.39 is 5.97 Å². The summed E-state index contributed by atoms with van der Waals surface area (Å²) < 4.78 is 0. The third kappa shape index (κ3) is 3.48. The number of allylic oxidation sites excluding steroid dienone is 4. The monoisotopic (exact) mass is 344 g/mol. The normalized spacial score (nSPS) is 40.3. The smallest absolute Gasteiger partial charge is 0.306 e. The Morgan fingerprint density at radius 1 is 1.28 bits per heavy atom. The maximum Gasteiger partial charge on any atom is 0.306 e. The van der Waals surface area contributed by atoms with Crippen LogP contribution in [0.5, 0.6) is 0 Å². The minimum Gasteiger partial charge on any atom is -0.481 e. The van der Waals surface area contributed by atoms with Gasteiger partial charge in [0.2, 0.25) is 0 Å². The third-order valence-corrected chi connectivity index (χ3v) is 7.22. The molecule has 138 valence electrons. The molecule has 0 aliphatic heterocycles. The highest BCUT2D eigenvalue weighted by Crippen LogP contribution is 2.59. The van der Waals surface area contributed by atoms with Crippen LogP contribution in [-0.4, -0.2) is 22.3 Å². The van der Waals surface area contributed by atoms with Gasteiger partial charge >= 0.3 is 5.97 Å². The highest BCUT2D eigenvalue weighted by Gasteiger charge is 2.51. The fourth-order valence-corrected chi connectivity index (χ4v) is 5.67. The third-order valence-electron chi connectivity index (χ3n) is 7.22. The molecule has 0 aromatic heterocycles. The first kappa shape index (κ1) is 18.4. The summed E-state index contributed by atoms with van der Waals surface area (Å²) in [6.45, 7) is 8.36. The van der Waals surface area contributed by atoms with Gasteiger partial charge in [0.25, 0.3) is 0 Å². The first-order valence-corrected chi connectivity index (χ1v) is 9.81. The van der Waals surface area contributed by atoms with Gasteiger partial charge in [-0.3, -0.25) is 4.79 Å². The molecule has 0 radical (unpaired) electrons. The van der Waals surface area contributed by atoms with Crippen LogP contribution in [0, 0.1) is 23.2 Å². The summed E-state index contributed by atoms with van der Waals surface area (Å²) in [6, 6.07) is 0. The average molecular weight is 344 g/mol. The van der Waals surface area contributed by atoms with Crippen molar-refractivity contribution in [3.63, 3.8) is 0 Å². The van der Waals surface area contributed by atoms with E-state index in [0.717, 1.165) is 50.5 Å². The van der Waals surface area contributed by atoms with Crippen LogP contribution in [-0.2, 0) is 4.79 Å². The van der Waals surface area contributed by atoms with Gasteiger partial charge in [0, 0.05) is 0 Å². The molecule has 0 aromatic carbocycles. The molecule has 0 amide bonds. The molecule has 0 unspecified atom stereocenters. The van der Waals surface area contributed by atoms with E-state index in [2.05, 4.69) is 25.7 Å². The molecular weight excluding hydrogens is 312 g/mol. The Morgan fingerprint density at radius 3 is 2.76 bits per heavy atom. The number of aliphatic carboxylic acids is 1. The Morgan fingerprint density at radius 2 is 2.04 bits per heavy atom. The van der Waals surface area contributed by atoms with Gasteiger partial charge in [-0.25, -0.2) is 0 Å². The molecule has 25 heavy (non-hydrogen) atoms. The lowest BCUT2D eigenvalue weighted by Crippen LogP contribution is -2.38. The van der Waals surface area contributed by atoms with E-state index in [9.17, 15) is 15.0 Å². The topological polar surface area (TPSA) is 57.5 Å². The van der Waals surface area contributed by atoms with Crippen molar-refractivity contribution in [1.82, 2.24) is 0 Å². The van der Waals surface area contributed by atoms with Crippen molar-refractivity contribution in [2.45, 2.75) is 71.3 Å². The van der Waals surface area contributed by atoms with Crippen molar-refractivity contribution in [2.75, 3.05) is 0 Å². The zero-order valence-corrected chi connectivity index (χ0v) is 15.6. The number of carboxylic acids is 1. The molecule has 0 saturated heterocycles. The number of aliphatic hydroxyl groups is 1. The average Bonchev–Trinajstić information content (AvgIpc) is 2.92. The number of aliphatic hydroxyl groups excluding tert-OH is 1. The van der Waals surface area contributed by atoms with Gasteiger partial charge in [-0.2, -0.15) is 0 Å². The van der Waals surface area contributed by atoms with Gasteiger partial charge < -0.3 is 10.2 Å². The van der Waals surface area contributed by atoms with Crippen LogP contribution in [0.4, 0.5) is 0 Å². The SMILES string of the molecule is C=C1CC[C@H](O)C/C1=C/C=C1/CCC[C@@]2(C)[C@H]1CC[C@H]2[C@H](C)C(=O)O. The van der Waals surface area contributed by atoms with Gasteiger partial charge in [0.1, 0.15) is 0 Å². The van der Waals surface area contributed by atoms with Gasteiger partial charge in [-0.1, -0.05) is 43.7 Å². The number of rotatable bonds is 3. The van der Waals surface area contributed by atoms with Crippen molar-refractivity contribution in [2.24, 2.45) is 23.2 Å². The van der Waals surface area contributed by atoms with Crippen LogP contribution in [0.15, 0.2) is 35.5 Å². The molecule has 2 N–H and O–H groups in total. The molecule has 3 heteroatoms. The molecule has 3 saturated carbocycles. The second kappa shape index (κ2) is 7.11. The summed E-state index contributed by atoms with van der Waals surface area (Å²) in [5.41, 5.74) is 3.94. The Balaban J connectivity index is 1.82. The van der Waals surface area contributed by atoms with Crippen LogP contribution in [0.3, 0.4) is 0 Å². The first-order chi connectivity index (χ1) is 11.8. The molecule has 3 aliphatic carbocycles. The largest absolute Gasteiger partial charge is 0.481 e. The lowest BCUT2D eigenvalue weighted by Gasteiger charge is -2.43. The van der Waals surface area contributed by atoms with Gasteiger partial charge in [-0.15, -0.1) is 0 Å². The highest BCUT2D eigenvalue weighted by molar-refractivity contribution is 5.70. The van der Waals surface area contributed by atoms with Crippen molar-refractivity contribution in [3.8, 4) is 0 Å². The maximum atomic E-state index is 11.5. The maximum absolute atomic E-state index is 11.5. The number of carboxylic acid groups (broad SMARTS) is 1. The fourth-order valence-electron chi connectivity index (χ4n) is 5.67. The number of fused-ring (bicyclic) bond motifs is 1. The van der Waals surface area contributed by atoms with Crippen molar-refractivity contribution in [1.29, 1.82) is 0 Å². The van der Waals surface area contributed by atoms with E-state index in [4.69, 9.17) is 0 Å². The summed E-state index contributed by atoms with van der Waals surface area (Å²) in [5, 5.41) is 19.4. The standard InChI is InChI=1S/C22H32O3/c1-14-6-9-18(23)13-17(14)8-7-16-5-4-12-22(3)19(10-11-20(16)22)15(2)21(24)25/h7-8,15,18-20,23H,1,4-6,9-13H2,2-3H3,(H,24,25)/b16-7-,17-8-/t15-,18-,19-,20-,22+/m0/s1. The summed E-state index contributed by atoms with van der Waals surface area (Å²) >= 11 is 0. The zero-order valence-electron chi connectivity index (χ0n) is 15.6.